The van der Waals surface area contributed by atoms with Gasteiger partial charge in [-0.15, -0.1) is 0 Å². The third kappa shape index (κ3) is 3.97. The highest BCUT2D eigenvalue weighted by molar-refractivity contribution is 6.34. The van der Waals surface area contributed by atoms with Crippen molar-refractivity contribution < 1.29 is 9.59 Å². The summed E-state index contributed by atoms with van der Waals surface area (Å²) in [7, 11) is 0. The number of nitrogens with one attached hydrogen (secondary N) is 4. The van der Waals surface area contributed by atoms with E-state index in [1.807, 2.05) is 38.1 Å². The minimum atomic E-state index is -0.158. The van der Waals surface area contributed by atoms with E-state index in [1.165, 1.54) is 0 Å². The topological polar surface area (TPSA) is 110 Å². The van der Waals surface area contributed by atoms with Gasteiger partial charge in [-0.3, -0.25) is 9.59 Å². The number of carbonyl (C=O) groups is 2. The Labute approximate surface area is 163 Å². The molecule has 7 nitrogen and oxygen atoms in total. The highest BCUT2D eigenvalue weighted by Gasteiger charge is 2.25. The number of nitrogens with zero attached hydrogens (tertiary/aromatic N) is 1. The highest BCUT2D eigenvalue weighted by atomic mass is 16.2. The molecule has 144 valence electrons. The predicted octanol–water partition coefficient (Wildman–Crippen LogP) is 2.36. The fourth-order valence-corrected chi connectivity index (χ4v) is 3.31. The van der Waals surface area contributed by atoms with Gasteiger partial charge in [0.15, 0.2) is 0 Å². The molecule has 1 aliphatic heterocycles. The number of hydrogen-bond donors (Lipinski definition) is 4. The van der Waals surface area contributed by atoms with Crippen LogP contribution >= 0.6 is 0 Å². The van der Waals surface area contributed by atoms with Crippen LogP contribution in [0.15, 0.2) is 24.3 Å². The molecule has 2 amide bonds. The summed E-state index contributed by atoms with van der Waals surface area (Å²) < 4.78 is 0. The number of para-hydroxylation sites is 1. The van der Waals surface area contributed by atoms with E-state index in [1.54, 1.807) is 6.08 Å². The Morgan fingerprint density at radius 1 is 1.21 bits per heavy atom. The Kier molecular flexibility index (Phi) is 5.92. The number of aromatic nitrogens is 1. The van der Waals surface area contributed by atoms with Crippen LogP contribution in [0.4, 0.5) is 5.69 Å². The standard InChI is InChI=1S/C21H23N5O2/c1-13-18(12-16-15-6-3-4-7-17(15)26-20(16)27)25-14(2)19(13)21(28)24-11-10-23-9-5-8-22/h3-4,6-7,12,23,25H,5,9-11H2,1-2H3,(H,24,28)(H,26,27). The second-order valence-electron chi connectivity index (χ2n) is 6.64. The largest absolute Gasteiger partial charge is 0.358 e. The lowest BCUT2D eigenvalue weighted by atomic mass is 10.0. The second-order valence-corrected chi connectivity index (χ2v) is 6.64. The first-order valence-electron chi connectivity index (χ1n) is 9.20. The molecular weight excluding hydrogens is 354 g/mol. The van der Waals surface area contributed by atoms with E-state index in [9.17, 15) is 9.59 Å². The quantitative estimate of drug-likeness (QED) is 0.438. The maximum atomic E-state index is 12.6. The summed E-state index contributed by atoms with van der Waals surface area (Å²) in [5.41, 5.74) is 5.12. The van der Waals surface area contributed by atoms with Crippen molar-refractivity contribution in [1.29, 1.82) is 5.26 Å². The van der Waals surface area contributed by atoms with E-state index in [2.05, 4.69) is 27.0 Å². The van der Waals surface area contributed by atoms with Gasteiger partial charge in [0.05, 0.1) is 17.2 Å². The number of rotatable bonds is 7. The third-order valence-electron chi connectivity index (χ3n) is 4.70. The first-order chi connectivity index (χ1) is 13.5. The molecule has 1 aromatic heterocycles. The van der Waals surface area contributed by atoms with E-state index in [-0.39, 0.29) is 11.8 Å². The van der Waals surface area contributed by atoms with E-state index in [0.717, 1.165) is 28.2 Å². The lowest BCUT2D eigenvalue weighted by molar-refractivity contribution is -0.110. The van der Waals surface area contributed by atoms with Crippen molar-refractivity contribution in [1.82, 2.24) is 15.6 Å². The van der Waals surface area contributed by atoms with Gasteiger partial charge in [-0.1, -0.05) is 18.2 Å². The number of hydrogen-bond acceptors (Lipinski definition) is 4. The van der Waals surface area contributed by atoms with Gasteiger partial charge < -0.3 is 20.9 Å². The average Bonchev–Trinajstić information content (AvgIpc) is 3.14. The van der Waals surface area contributed by atoms with Gasteiger partial charge in [-0.25, -0.2) is 0 Å². The molecule has 0 saturated carbocycles. The number of benzene rings is 1. The summed E-state index contributed by atoms with van der Waals surface area (Å²) in [6.45, 7) is 5.40. The number of fused-ring (bicyclic) bond motifs is 1. The first-order valence-corrected chi connectivity index (χ1v) is 9.20. The van der Waals surface area contributed by atoms with Crippen LogP contribution in [0.5, 0.6) is 0 Å². The Bertz CT molecular complexity index is 981. The molecule has 2 heterocycles. The van der Waals surface area contributed by atoms with Crippen molar-refractivity contribution in [2.24, 2.45) is 0 Å². The molecule has 0 unspecified atom stereocenters. The van der Waals surface area contributed by atoms with Gasteiger partial charge >= 0.3 is 0 Å². The van der Waals surface area contributed by atoms with Crippen LogP contribution in [-0.4, -0.2) is 36.4 Å². The number of carbonyl (C=O) groups excluding carboxylic acids is 2. The lowest BCUT2D eigenvalue weighted by Crippen LogP contribution is -2.32. The fourth-order valence-electron chi connectivity index (χ4n) is 3.31. The Balaban J connectivity index is 1.75. The molecule has 0 bridgehead atoms. The molecule has 0 aliphatic carbocycles. The zero-order valence-electron chi connectivity index (χ0n) is 16.0. The molecule has 4 N–H and O–H groups in total. The van der Waals surface area contributed by atoms with Crippen molar-refractivity contribution in [3.05, 3.63) is 52.3 Å². The molecule has 1 aromatic carbocycles. The normalized spacial score (nSPS) is 13.9. The number of amides is 2. The number of anilines is 1. The lowest BCUT2D eigenvalue weighted by Gasteiger charge is -2.06. The maximum absolute atomic E-state index is 12.6. The summed E-state index contributed by atoms with van der Waals surface area (Å²) >= 11 is 0. The smallest absolute Gasteiger partial charge is 0.256 e. The summed E-state index contributed by atoms with van der Waals surface area (Å²) in [6.07, 6.45) is 2.24. The molecule has 2 aromatic rings. The van der Waals surface area contributed by atoms with Crippen LogP contribution in [0.3, 0.4) is 0 Å². The summed E-state index contributed by atoms with van der Waals surface area (Å²) in [6, 6.07) is 9.60. The fraction of sp³-hybridized carbons (Fsp3) is 0.286. The van der Waals surface area contributed by atoms with Gasteiger partial charge in [0.1, 0.15) is 0 Å². The molecule has 7 heteroatoms. The van der Waals surface area contributed by atoms with Crippen molar-refractivity contribution >= 4 is 29.2 Å². The maximum Gasteiger partial charge on any atom is 0.256 e. The van der Waals surface area contributed by atoms with E-state index < -0.39 is 0 Å². The van der Waals surface area contributed by atoms with Crippen LogP contribution in [0.2, 0.25) is 0 Å². The number of aryl methyl sites for hydroxylation is 1. The molecule has 0 atom stereocenters. The Hall–Kier alpha value is -3.37. The molecule has 28 heavy (non-hydrogen) atoms. The monoisotopic (exact) mass is 377 g/mol. The molecule has 0 fully saturated rings. The van der Waals surface area contributed by atoms with E-state index >= 15 is 0 Å². The van der Waals surface area contributed by atoms with Crippen LogP contribution in [0, 0.1) is 25.2 Å². The molecule has 0 saturated heterocycles. The molecular formula is C21H23N5O2. The van der Waals surface area contributed by atoms with Gasteiger partial charge in [-0.05, 0) is 31.6 Å². The SMILES string of the molecule is Cc1[nH]c(C=C2C(=O)Nc3ccccc32)c(C)c1C(=O)NCCNCCC#N. The van der Waals surface area contributed by atoms with Crippen LogP contribution in [-0.2, 0) is 4.79 Å². The minimum Gasteiger partial charge on any atom is -0.358 e. The van der Waals surface area contributed by atoms with Crippen molar-refractivity contribution in [3.8, 4) is 6.07 Å². The average molecular weight is 377 g/mol. The van der Waals surface area contributed by atoms with Gasteiger partial charge in [0, 0.05) is 48.7 Å². The second kappa shape index (κ2) is 8.55. The van der Waals surface area contributed by atoms with Crippen molar-refractivity contribution in [2.45, 2.75) is 20.3 Å². The van der Waals surface area contributed by atoms with E-state index in [0.29, 0.717) is 37.2 Å². The molecule has 1 aliphatic rings. The Morgan fingerprint density at radius 2 is 2.00 bits per heavy atom. The first kappa shape index (κ1) is 19.4. The summed E-state index contributed by atoms with van der Waals surface area (Å²) in [5, 5.41) is 17.3. The molecule has 0 radical (unpaired) electrons. The summed E-state index contributed by atoms with van der Waals surface area (Å²) in [5.74, 6) is -0.309. The summed E-state index contributed by atoms with van der Waals surface area (Å²) in [4.78, 5) is 28.1. The zero-order valence-corrected chi connectivity index (χ0v) is 16.0. The van der Waals surface area contributed by atoms with Crippen molar-refractivity contribution in [2.75, 3.05) is 25.0 Å². The number of aromatic amines is 1. The van der Waals surface area contributed by atoms with Crippen LogP contribution in [0.25, 0.3) is 11.6 Å². The predicted molar refractivity (Wildman–Crippen MR) is 109 cm³/mol. The van der Waals surface area contributed by atoms with Crippen LogP contribution in [0.1, 0.15) is 39.3 Å². The Morgan fingerprint density at radius 3 is 2.79 bits per heavy atom. The number of H-pyrrole nitrogens is 1. The van der Waals surface area contributed by atoms with Gasteiger partial charge in [-0.2, -0.15) is 5.26 Å². The minimum absolute atomic E-state index is 0.151. The van der Waals surface area contributed by atoms with Gasteiger partial charge in [0.25, 0.3) is 11.8 Å². The highest BCUT2D eigenvalue weighted by Crippen LogP contribution is 2.33. The third-order valence-corrected chi connectivity index (χ3v) is 4.70. The zero-order chi connectivity index (χ0) is 20.1. The van der Waals surface area contributed by atoms with Crippen LogP contribution < -0.4 is 16.0 Å². The van der Waals surface area contributed by atoms with Gasteiger partial charge in [0.2, 0.25) is 0 Å². The van der Waals surface area contributed by atoms with E-state index in [4.69, 9.17) is 5.26 Å². The van der Waals surface area contributed by atoms with Crippen molar-refractivity contribution in [3.63, 3.8) is 0 Å². The number of nitriles is 1. The molecule has 3 rings (SSSR count). The molecule has 0 spiro atoms.